The molecule has 0 radical (unpaired) electrons. The molecule has 0 amide bonds. The maximum atomic E-state index is 5.70. The number of hydrogen-bond acceptors (Lipinski definition) is 3. The van der Waals surface area contributed by atoms with Crippen LogP contribution in [-0.4, -0.2) is 25.2 Å². The maximum Gasteiger partial charge on any atom is 0.161 e. The van der Waals surface area contributed by atoms with E-state index in [1.54, 1.807) is 7.11 Å². The van der Waals surface area contributed by atoms with Gasteiger partial charge in [0.15, 0.2) is 11.5 Å². The van der Waals surface area contributed by atoms with Gasteiger partial charge in [0.1, 0.15) is 0 Å². The van der Waals surface area contributed by atoms with Crippen molar-refractivity contribution in [3.63, 3.8) is 0 Å². The minimum atomic E-state index is 0.707. The van der Waals surface area contributed by atoms with Crippen LogP contribution in [0.4, 0.5) is 0 Å². The van der Waals surface area contributed by atoms with E-state index in [0.717, 1.165) is 37.4 Å². The summed E-state index contributed by atoms with van der Waals surface area (Å²) in [4.78, 5) is 3.33. The molecule has 0 saturated carbocycles. The van der Waals surface area contributed by atoms with Gasteiger partial charge in [0.25, 0.3) is 0 Å². The van der Waals surface area contributed by atoms with Crippen LogP contribution in [0.5, 0.6) is 11.5 Å². The van der Waals surface area contributed by atoms with Crippen LogP contribution in [0, 0.1) is 0 Å². The van der Waals surface area contributed by atoms with Crippen LogP contribution in [0.25, 0.3) is 10.9 Å². The lowest BCUT2D eigenvalue weighted by Gasteiger charge is -2.12. The summed E-state index contributed by atoms with van der Waals surface area (Å²) in [5, 5.41) is 4.82. The Morgan fingerprint density at radius 3 is 2.80 bits per heavy atom. The molecule has 4 nitrogen and oxygen atoms in total. The lowest BCUT2D eigenvalue weighted by Crippen LogP contribution is -2.16. The van der Waals surface area contributed by atoms with Crippen LogP contribution in [0.3, 0.4) is 0 Å². The number of benzene rings is 2. The Morgan fingerprint density at radius 1 is 1.08 bits per heavy atom. The van der Waals surface area contributed by atoms with Crippen molar-refractivity contribution in [2.45, 2.75) is 26.3 Å². The fraction of sp³-hybridized carbons (Fsp3) is 0.333. The lowest BCUT2D eigenvalue weighted by atomic mass is 10.1. The van der Waals surface area contributed by atoms with Gasteiger partial charge in [-0.1, -0.05) is 31.2 Å². The molecule has 132 valence electrons. The molecule has 0 spiro atoms. The zero-order valence-electron chi connectivity index (χ0n) is 15.0. The summed E-state index contributed by atoms with van der Waals surface area (Å²) >= 11 is 0. The molecular weight excluding hydrogens is 312 g/mol. The SMILES string of the molecule is CCCOc1ccc(CNCCc2c[nH]c3ccccc23)cc1OC. The van der Waals surface area contributed by atoms with E-state index in [9.17, 15) is 0 Å². The Hall–Kier alpha value is -2.46. The fourth-order valence-corrected chi connectivity index (χ4v) is 2.95. The first-order valence-electron chi connectivity index (χ1n) is 8.87. The summed E-state index contributed by atoms with van der Waals surface area (Å²) in [5.41, 5.74) is 3.74. The first-order chi connectivity index (χ1) is 12.3. The number of hydrogen-bond donors (Lipinski definition) is 2. The van der Waals surface area contributed by atoms with Crippen molar-refractivity contribution in [3.8, 4) is 11.5 Å². The van der Waals surface area contributed by atoms with E-state index in [1.807, 2.05) is 12.1 Å². The smallest absolute Gasteiger partial charge is 0.161 e. The second-order valence-electron chi connectivity index (χ2n) is 6.12. The minimum Gasteiger partial charge on any atom is -0.493 e. The molecule has 0 atom stereocenters. The number of aromatic nitrogens is 1. The van der Waals surface area contributed by atoms with Crippen molar-refractivity contribution in [1.29, 1.82) is 0 Å². The summed E-state index contributed by atoms with van der Waals surface area (Å²) < 4.78 is 11.1. The van der Waals surface area contributed by atoms with E-state index in [2.05, 4.69) is 53.8 Å². The highest BCUT2D eigenvalue weighted by atomic mass is 16.5. The van der Waals surface area contributed by atoms with Crippen molar-refractivity contribution in [1.82, 2.24) is 10.3 Å². The number of aromatic amines is 1. The molecule has 0 aliphatic heterocycles. The van der Waals surface area contributed by atoms with Gasteiger partial charge in [-0.05, 0) is 48.7 Å². The molecule has 3 aromatic rings. The number of ether oxygens (including phenoxy) is 2. The van der Waals surface area contributed by atoms with Crippen LogP contribution in [-0.2, 0) is 13.0 Å². The van der Waals surface area contributed by atoms with Gasteiger partial charge in [0, 0.05) is 23.6 Å². The molecule has 0 aliphatic rings. The van der Waals surface area contributed by atoms with E-state index in [1.165, 1.54) is 22.0 Å². The highest BCUT2D eigenvalue weighted by molar-refractivity contribution is 5.83. The van der Waals surface area contributed by atoms with Crippen molar-refractivity contribution in [3.05, 3.63) is 59.8 Å². The summed E-state index contributed by atoms with van der Waals surface area (Å²) in [6.07, 6.45) is 4.09. The highest BCUT2D eigenvalue weighted by Crippen LogP contribution is 2.28. The van der Waals surface area contributed by atoms with Crippen LogP contribution in [0.15, 0.2) is 48.7 Å². The summed E-state index contributed by atoms with van der Waals surface area (Å²) in [7, 11) is 1.68. The molecule has 0 fully saturated rings. The minimum absolute atomic E-state index is 0.707. The van der Waals surface area contributed by atoms with E-state index in [-0.39, 0.29) is 0 Å². The van der Waals surface area contributed by atoms with Gasteiger partial charge >= 0.3 is 0 Å². The Morgan fingerprint density at radius 2 is 1.96 bits per heavy atom. The van der Waals surface area contributed by atoms with Gasteiger partial charge in [-0.2, -0.15) is 0 Å². The topological polar surface area (TPSA) is 46.3 Å². The van der Waals surface area contributed by atoms with Crippen LogP contribution >= 0.6 is 0 Å². The molecule has 1 heterocycles. The first-order valence-corrected chi connectivity index (χ1v) is 8.87. The average Bonchev–Trinajstić information content (AvgIpc) is 3.07. The molecule has 2 N–H and O–H groups in total. The number of para-hydroxylation sites is 1. The molecule has 4 heteroatoms. The second-order valence-corrected chi connectivity index (χ2v) is 6.12. The van der Waals surface area contributed by atoms with Gasteiger partial charge in [-0.15, -0.1) is 0 Å². The number of rotatable bonds is 9. The third-order valence-corrected chi connectivity index (χ3v) is 4.26. The Balaban J connectivity index is 1.53. The molecule has 1 aromatic heterocycles. The Bertz CT molecular complexity index is 811. The summed E-state index contributed by atoms with van der Waals surface area (Å²) in [5.74, 6) is 1.61. The van der Waals surface area contributed by atoms with Crippen LogP contribution in [0.1, 0.15) is 24.5 Å². The first kappa shape index (κ1) is 17.4. The zero-order valence-corrected chi connectivity index (χ0v) is 15.0. The quantitative estimate of drug-likeness (QED) is 0.572. The molecule has 2 aromatic carbocycles. The van der Waals surface area contributed by atoms with E-state index < -0.39 is 0 Å². The lowest BCUT2D eigenvalue weighted by molar-refractivity contribution is 0.294. The number of H-pyrrole nitrogens is 1. The summed E-state index contributed by atoms with van der Waals surface area (Å²) in [6.45, 7) is 4.54. The fourth-order valence-electron chi connectivity index (χ4n) is 2.95. The maximum absolute atomic E-state index is 5.70. The second kappa shape index (κ2) is 8.58. The average molecular weight is 338 g/mol. The number of nitrogens with one attached hydrogen (secondary N) is 2. The standard InChI is InChI=1S/C21H26N2O2/c1-3-12-25-20-9-8-16(13-21(20)24-2)14-22-11-10-17-15-23-19-7-5-4-6-18(17)19/h4-9,13,15,22-23H,3,10-12,14H2,1-2H3. The molecule has 0 unspecified atom stereocenters. The van der Waals surface area contributed by atoms with Gasteiger partial charge in [-0.3, -0.25) is 0 Å². The largest absolute Gasteiger partial charge is 0.493 e. The van der Waals surface area contributed by atoms with Crippen molar-refractivity contribution in [2.24, 2.45) is 0 Å². The predicted molar refractivity (Wildman–Crippen MR) is 102 cm³/mol. The highest BCUT2D eigenvalue weighted by Gasteiger charge is 2.06. The van der Waals surface area contributed by atoms with Gasteiger partial charge in [-0.25, -0.2) is 0 Å². The number of methoxy groups -OCH3 is 1. The molecule has 0 aliphatic carbocycles. The molecule has 25 heavy (non-hydrogen) atoms. The normalized spacial score (nSPS) is 11.0. The van der Waals surface area contributed by atoms with Gasteiger partial charge in [0.05, 0.1) is 13.7 Å². The monoisotopic (exact) mass is 338 g/mol. The molecular formula is C21H26N2O2. The molecule has 0 saturated heterocycles. The number of fused-ring (bicyclic) bond motifs is 1. The van der Waals surface area contributed by atoms with Gasteiger partial charge < -0.3 is 19.8 Å². The van der Waals surface area contributed by atoms with Gasteiger partial charge in [0.2, 0.25) is 0 Å². The van der Waals surface area contributed by atoms with Crippen molar-refractivity contribution < 1.29 is 9.47 Å². The third-order valence-electron chi connectivity index (χ3n) is 4.26. The molecule has 0 bridgehead atoms. The van der Waals surface area contributed by atoms with Crippen molar-refractivity contribution in [2.75, 3.05) is 20.3 Å². The third kappa shape index (κ3) is 4.34. The van der Waals surface area contributed by atoms with Crippen LogP contribution in [0.2, 0.25) is 0 Å². The van der Waals surface area contributed by atoms with E-state index in [4.69, 9.17) is 9.47 Å². The van der Waals surface area contributed by atoms with E-state index in [0.29, 0.717) is 6.61 Å². The Kier molecular flexibility index (Phi) is 5.96. The zero-order chi connectivity index (χ0) is 17.5. The van der Waals surface area contributed by atoms with E-state index >= 15 is 0 Å². The Labute approximate surface area is 149 Å². The molecule has 3 rings (SSSR count). The van der Waals surface area contributed by atoms with Crippen LogP contribution < -0.4 is 14.8 Å². The van der Waals surface area contributed by atoms with Crippen molar-refractivity contribution >= 4 is 10.9 Å². The summed E-state index contributed by atoms with van der Waals surface area (Å²) in [6, 6.07) is 14.5. The predicted octanol–water partition coefficient (Wildman–Crippen LogP) is 4.30.